The van der Waals surface area contributed by atoms with Gasteiger partial charge in [-0.15, -0.1) is 21.5 Å². The predicted molar refractivity (Wildman–Crippen MR) is 108 cm³/mol. The average Bonchev–Trinajstić information content (AvgIpc) is 3.33. The fraction of sp³-hybridized carbons (Fsp3) is 0.316. The number of rotatable bonds is 9. The summed E-state index contributed by atoms with van der Waals surface area (Å²) in [5.74, 6) is 1.84. The molecule has 0 aliphatic heterocycles. The highest BCUT2D eigenvalue weighted by Gasteiger charge is 2.16. The number of aliphatic hydroxyl groups is 1. The van der Waals surface area contributed by atoms with Gasteiger partial charge in [0.2, 0.25) is 0 Å². The highest BCUT2D eigenvalue weighted by atomic mass is 32.2. The number of aromatic nitrogens is 3. The standard InChI is InChI=1S/C19H21N3O3S2/c1-3-22-18(17-8-5-9-26-17)20-21-19(22)27-12-15(24)11-25-16-7-4-6-14(10-16)13(2)23/h4-10,15,24H,3,11-12H2,1-2H3/t15-/m1/s1. The van der Waals surface area contributed by atoms with Crippen molar-refractivity contribution >= 4 is 28.9 Å². The molecule has 1 aromatic carbocycles. The molecule has 3 rings (SSSR count). The van der Waals surface area contributed by atoms with Crippen molar-refractivity contribution in [2.75, 3.05) is 12.4 Å². The third kappa shape index (κ3) is 4.97. The van der Waals surface area contributed by atoms with Crippen LogP contribution in [0.1, 0.15) is 24.2 Å². The van der Waals surface area contributed by atoms with Crippen molar-refractivity contribution in [3.63, 3.8) is 0 Å². The lowest BCUT2D eigenvalue weighted by atomic mass is 10.1. The number of carbonyl (C=O) groups excluding carboxylic acids is 1. The number of hydrogen-bond acceptors (Lipinski definition) is 7. The topological polar surface area (TPSA) is 77.2 Å². The second kappa shape index (κ2) is 9.16. The van der Waals surface area contributed by atoms with Gasteiger partial charge in [-0.1, -0.05) is 30.0 Å². The van der Waals surface area contributed by atoms with E-state index in [0.717, 1.165) is 22.4 Å². The van der Waals surface area contributed by atoms with E-state index in [4.69, 9.17) is 4.74 Å². The summed E-state index contributed by atoms with van der Waals surface area (Å²) in [6.07, 6.45) is -0.664. The number of ether oxygens (including phenoxy) is 1. The van der Waals surface area contributed by atoms with Crippen molar-refractivity contribution in [3.05, 3.63) is 47.3 Å². The van der Waals surface area contributed by atoms with Crippen LogP contribution in [0.25, 0.3) is 10.7 Å². The Morgan fingerprint density at radius 1 is 1.33 bits per heavy atom. The molecule has 0 radical (unpaired) electrons. The summed E-state index contributed by atoms with van der Waals surface area (Å²) < 4.78 is 7.65. The summed E-state index contributed by atoms with van der Waals surface area (Å²) in [6, 6.07) is 11.0. The molecule has 1 atom stereocenters. The maximum absolute atomic E-state index is 11.4. The minimum atomic E-state index is -0.664. The molecule has 3 aromatic rings. The molecule has 1 N–H and O–H groups in total. The van der Waals surface area contributed by atoms with Crippen molar-refractivity contribution in [1.82, 2.24) is 14.8 Å². The molecule has 0 bridgehead atoms. The Balaban J connectivity index is 1.56. The van der Waals surface area contributed by atoms with Crippen LogP contribution < -0.4 is 4.74 Å². The molecule has 6 nitrogen and oxygen atoms in total. The Hall–Kier alpha value is -2.16. The second-order valence-corrected chi connectivity index (χ2v) is 7.82. The highest BCUT2D eigenvalue weighted by molar-refractivity contribution is 7.99. The Kier molecular flexibility index (Phi) is 6.65. The average molecular weight is 404 g/mol. The van der Waals surface area contributed by atoms with Crippen LogP contribution in [-0.4, -0.2) is 44.1 Å². The van der Waals surface area contributed by atoms with E-state index in [9.17, 15) is 9.90 Å². The van der Waals surface area contributed by atoms with Gasteiger partial charge in [-0.25, -0.2) is 0 Å². The van der Waals surface area contributed by atoms with E-state index in [1.807, 2.05) is 29.0 Å². The summed E-state index contributed by atoms with van der Waals surface area (Å²) in [5.41, 5.74) is 0.591. The third-order valence-corrected chi connectivity index (χ3v) is 5.84. The third-order valence-electron chi connectivity index (χ3n) is 3.86. The first-order chi connectivity index (χ1) is 13.1. The molecule has 0 fully saturated rings. The maximum atomic E-state index is 11.4. The van der Waals surface area contributed by atoms with E-state index < -0.39 is 6.10 Å². The van der Waals surface area contributed by atoms with Crippen LogP contribution in [0.5, 0.6) is 5.75 Å². The molecule has 8 heteroatoms. The molecule has 0 aliphatic carbocycles. The molecular formula is C19H21N3O3S2. The van der Waals surface area contributed by atoms with Gasteiger partial charge in [0.15, 0.2) is 16.8 Å². The highest BCUT2D eigenvalue weighted by Crippen LogP contribution is 2.27. The van der Waals surface area contributed by atoms with Gasteiger partial charge in [-0.3, -0.25) is 4.79 Å². The van der Waals surface area contributed by atoms with Gasteiger partial charge in [0.1, 0.15) is 12.4 Å². The summed E-state index contributed by atoms with van der Waals surface area (Å²) in [7, 11) is 0. The van der Waals surface area contributed by atoms with Crippen LogP contribution >= 0.6 is 23.1 Å². The van der Waals surface area contributed by atoms with E-state index >= 15 is 0 Å². The van der Waals surface area contributed by atoms with Crippen LogP contribution in [0, 0.1) is 0 Å². The van der Waals surface area contributed by atoms with Crippen molar-refractivity contribution in [3.8, 4) is 16.5 Å². The van der Waals surface area contributed by atoms with Gasteiger partial charge in [-0.05, 0) is 37.4 Å². The van der Waals surface area contributed by atoms with Crippen molar-refractivity contribution in [1.29, 1.82) is 0 Å². The number of ketones is 1. The first-order valence-electron chi connectivity index (χ1n) is 8.60. The van der Waals surface area contributed by atoms with Gasteiger partial charge in [-0.2, -0.15) is 0 Å². The first kappa shape index (κ1) is 19.6. The van der Waals surface area contributed by atoms with Crippen LogP contribution in [0.2, 0.25) is 0 Å². The number of nitrogens with zero attached hydrogens (tertiary/aromatic N) is 3. The summed E-state index contributed by atoms with van der Waals surface area (Å²) in [6.45, 7) is 4.46. The van der Waals surface area contributed by atoms with Crippen molar-refractivity contribution < 1.29 is 14.6 Å². The quantitative estimate of drug-likeness (QED) is 0.433. The first-order valence-corrected chi connectivity index (χ1v) is 10.5. The normalized spacial score (nSPS) is 12.1. The zero-order valence-corrected chi connectivity index (χ0v) is 16.8. The van der Waals surface area contributed by atoms with E-state index in [2.05, 4.69) is 10.2 Å². The van der Waals surface area contributed by atoms with E-state index in [0.29, 0.717) is 17.1 Å². The van der Waals surface area contributed by atoms with Crippen LogP contribution in [0.3, 0.4) is 0 Å². The SMILES string of the molecule is CCn1c(SC[C@H](O)COc2cccc(C(C)=O)c2)nnc1-c1cccs1. The maximum Gasteiger partial charge on any atom is 0.191 e. The van der Waals surface area contributed by atoms with Crippen molar-refractivity contribution in [2.45, 2.75) is 31.7 Å². The lowest BCUT2D eigenvalue weighted by Gasteiger charge is -2.13. The number of hydrogen-bond donors (Lipinski definition) is 1. The zero-order chi connectivity index (χ0) is 19.2. The lowest BCUT2D eigenvalue weighted by molar-refractivity contribution is 0.101. The van der Waals surface area contributed by atoms with Crippen molar-refractivity contribution in [2.24, 2.45) is 0 Å². The van der Waals surface area contributed by atoms with E-state index in [1.165, 1.54) is 18.7 Å². The smallest absolute Gasteiger partial charge is 0.191 e. The number of Topliss-reactive ketones (excluding diaryl/α,β-unsaturated/α-hetero) is 1. The minimum Gasteiger partial charge on any atom is -0.491 e. The Labute approximate surface area is 166 Å². The number of carbonyl (C=O) groups is 1. The Bertz CT molecular complexity index is 894. The van der Waals surface area contributed by atoms with Crippen LogP contribution in [-0.2, 0) is 6.54 Å². The number of benzene rings is 1. The Morgan fingerprint density at radius 3 is 2.89 bits per heavy atom. The van der Waals surface area contributed by atoms with Gasteiger partial charge < -0.3 is 14.4 Å². The number of aliphatic hydroxyl groups excluding tert-OH is 1. The number of thiophene rings is 1. The van der Waals surface area contributed by atoms with Gasteiger partial charge in [0, 0.05) is 17.9 Å². The van der Waals surface area contributed by atoms with E-state index in [-0.39, 0.29) is 12.4 Å². The molecule has 0 amide bonds. The van der Waals surface area contributed by atoms with Gasteiger partial charge in [0.25, 0.3) is 0 Å². The largest absolute Gasteiger partial charge is 0.491 e. The molecule has 27 heavy (non-hydrogen) atoms. The predicted octanol–water partition coefficient (Wildman–Crippen LogP) is 3.76. The fourth-order valence-electron chi connectivity index (χ4n) is 2.48. The summed E-state index contributed by atoms with van der Waals surface area (Å²) in [4.78, 5) is 12.5. The number of thioether (sulfide) groups is 1. The monoisotopic (exact) mass is 403 g/mol. The van der Waals surface area contributed by atoms with Gasteiger partial charge in [0.05, 0.1) is 11.0 Å². The molecule has 0 saturated heterocycles. The second-order valence-electron chi connectivity index (χ2n) is 5.89. The molecule has 2 heterocycles. The fourth-order valence-corrected chi connectivity index (χ4v) is 4.11. The molecule has 0 unspecified atom stereocenters. The summed E-state index contributed by atoms with van der Waals surface area (Å²) in [5, 5.41) is 21.6. The lowest BCUT2D eigenvalue weighted by Crippen LogP contribution is -2.20. The van der Waals surface area contributed by atoms with Crippen LogP contribution in [0.4, 0.5) is 0 Å². The molecular weight excluding hydrogens is 382 g/mol. The molecule has 0 spiro atoms. The zero-order valence-electron chi connectivity index (χ0n) is 15.2. The minimum absolute atomic E-state index is 0.0167. The van der Waals surface area contributed by atoms with Gasteiger partial charge >= 0.3 is 0 Å². The molecule has 2 aromatic heterocycles. The van der Waals surface area contributed by atoms with E-state index in [1.54, 1.807) is 35.6 Å². The Morgan fingerprint density at radius 2 is 2.19 bits per heavy atom. The molecule has 0 aliphatic rings. The molecule has 0 saturated carbocycles. The van der Waals surface area contributed by atoms with Crippen LogP contribution in [0.15, 0.2) is 46.9 Å². The molecule has 142 valence electrons. The summed E-state index contributed by atoms with van der Waals surface area (Å²) >= 11 is 3.08.